The summed E-state index contributed by atoms with van der Waals surface area (Å²) in [5.74, 6) is 2.34. The van der Waals surface area contributed by atoms with E-state index in [0.29, 0.717) is 11.8 Å². The average molecular weight is 285 g/mol. The molecule has 4 rings (SSSR count). The van der Waals surface area contributed by atoms with Crippen LogP contribution in [0.2, 0.25) is 0 Å². The Morgan fingerprint density at radius 1 is 1.10 bits per heavy atom. The smallest absolute Gasteiger partial charge is 0.335 e. The molecule has 0 heterocycles. The van der Waals surface area contributed by atoms with Gasteiger partial charge in [0, 0.05) is 18.7 Å². The van der Waals surface area contributed by atoms with Crippen LogP contribution >= 0.6 is 0 Å². The van der Waals surface area contributed by atoms with E-state index in [1.54, 1.807) is 36.2 Å². The zero-order valence-corrected chi connectivity index (χ0v) is 12.0. The van der Waals surface area contributed by atoms with Crippen LogP contribution in [-0.2, 0) is 4.79 Å². The summed E-state index contributed by atoms with van der Waals surface area (Å²) in [6.45, 7) is 0. The van der Waals surface area contributed by atoms with E-state index in [4.69, 9.17) is 5.11 Å². The van der Waals surface area contributed by atoms with Gasteiger partial charge in [-0.2, -0.15) is 0 Å². The highest BCUT2D eigenvalue weighted by atomic mass is 16.4. The number of carbonyl (C=O) groups excluding carboxylic acids is 1. The van der Waals surface area contributed by atoms with E-state index in [1.165, 1.54) is 19.3 Å². The second-order valence-corrected chi connectivity index (χ2v) is 6.76. The summed E-state index contributed by atoms with van der Waals surface area (Å²) < 4.78 is 0. The highest BCUT2D eigenvalue weighted by Crippen LogP contribution is 2.69. The Balaban J connectivity index is 1.49. The van der Waals surface area contributed by atoms with Crippen LogP contribution in [0.3, 0.4) is 0 Å². The second-order valence-electron chi connectivity index (χ2n) is 6.76. The number of hydrogen-bond acceptors (Lipinski definition) is 2. The molecule has 0 aliphatic heterocycles. The van der Waals surface area contributed by atoms with Gasteiger partial charge >= 0.3 is 5.97 Å². The fourth-order valence-corrected chi connectivity index (χ4v) is 4.83. The van der Waals surface area contributed by atoms with Crippen molar-refractivity contribution in [1.82, 2.24) is 0 Å². The van der Waals surface area contributed by atoms with Gasteiger partial charge in [-0.05, 0) is 67.2 Å². The van der Waals surface area contributed by atoms with Crippen LogP contribution in [0.5, 0.6) is 0 Å². The highest BCUT2D eigenvalue weighted by Gasteiger charge is 2.67. The fraction of sp³-hybridized carbons (Fsp3) is 0.529. The number of benzene rings is 1. The molecule has 3 saturated carbocycles. The first kappa shape index (κ1) is 12.9. The van der Waals surface area contributed by atoms with Gasteiger partial charge in [0.2, 0.25) is 5.91 Å². The van der Waals surface area contributed by atoms with Crippen molar-refractivity contribution in [2.45, 2.75) is 19.3 Å². The van der Waals surface area contributed by atoms with Gasteiger partial charge in [0.15, 0.2) is 0 Å². The molecule has 0 spiro atoms. The minimum Gasteiger partial charge on any atom is -0.478 e. The number of carbonyl (C=O) groups is 2. The van der Waals surface area contributed by atoms with Crippen LogP contribution in [0.15, 0.2) is 24.3 Å². The lowest BCUT2D eigenvalue weighted by Gasteiger charge is -2.19. The standard InChI is InChI=1S/C17H19NO3/c1-18(12-6-4-9(5-7-12)17(20)21)16(19)15-13-10-2-3-11(8-10)14(13)15/h4-7,10-11,13-15H,2-3,8H2,1H3,(H,20,21). The monoisotopic (exact) mass is 285 g/mol. The molecule has 3 fully saturated rings. The van der Waals surface area contributed by atoms with Crippen LogP contribution in [0.25, 0.3) is 0 Å². The molecule has 2 bridgehead atoms. The third-order valence-electron chi connectivity index (χ3n) is 5.85. The number of anilines is 1. The van der Waals surface area contributed by atoms with Crippen molar-refractivity contribution < 1.29 is 14.7 Å². The molecule has 4 unspecified atom stereocenters. The predicted octanol–water partition coefficient (Wildman–Crippen LogP) is 2.64. The second kappa shape index (κ2) is 4.33. The van der Waals surface area contributed by atoms with Gasteiger partial charge in [-0.3, -0.25) is 4.79 Å². The number of rotatable bonds is 3. The minimum atomic E-state index is -0.941. The first-order chi connectivity index (χ1) is 10.1. The van der Waals surface area contributed by atoms with Gasteiger partial charge in [-0.1, -0.05) is 0 Å². The molecule has 0 radical (unpaired) electrons. The molecule has 0 aromatic heterocycles. The summed E-state index contributed by atoms with van der Waals surface area (Å²) in [6, 6.07) is 6.54. The molecule has 3 aliphatic carbocycles. The lowest BCUT2D eigenvalue weighted by Crippen LogP contribution is -2.30. The van der Waals surface area contributed by atoms with Gasteiger partial charge in [-0.25, -0.2) is 4.79 Å². The quantitative estimate of drug-likeness (QED) is 0.928. The molecule has 1 amide bonds. The van der Waals surface area contributed by atoms with Gasteiger partial charge in [0.1, 0.15) is 0 Å². The Morgan fingerprint density at radius 3 is 2.19 bits per heavy atom. The molecule has 4 heteroatoms. The van der Waals surface area contributed by atoms with Crippen molar-refractivity contribution in [2.24, 2.45) is 29.6 Å². The number of hydrogen-bond donors (Lipinski definition) is 1. The van der Waals surface area contributed by atoms with Gasteiger partial charge in [0.25, 0.3) is 0 Å². The molecule has 1 aromatic carbocycles. The highest BCUT2D eigenvalue weighted by molar-refractivity contribution is 5.97. The molecule has 4 atom stereocenters. The van der Waals surface area contributed by atoms with Crippen molar-refractivity contribution in [2.75, 3.05) is 11.9 Å². The average Bonchev–Trinajstić information content (AvgIpc) is 2.93. The Morgan fingerprint density at radius 2 is 1.67 bits per heavy atom. The lowest BCUT2D eigenvalue weighted by atomic mass is 10.0. The summed E-state index contributed by atoms with van der Waals surface area (Å²) in [5.41, 5.74) is 1.03. The van der Waals surface area contributed by atoms with E-state index in [2.05, 4.69) is 0 Å². The van der Waals surface area contributed by atoms with Crippen LogP contribution in [-0.4, -0.2) is 24.0 Å². The number of nitrogens with zero attached hydrogens (tertiary/aromatic N) is 1. The summed E-state index contributed by atoms with van der Waals surface area (Å²) in [7, 11) is 1.80. The Labute approximate surface area is 123 Å². The summed E-state index contributed by atoms with van der Waals surface area (Å²) in [6.07, 6.45) is 3.97. The summed E-state index contributed by atoms with van der Waals surface area (Å²) in [5, 5.41) is 8.92. The van der Waals surface area contributed by atoms with Gasteiger partial charge in [-0.15, -0.1) is 0 Å². The van der Waals surface area contributed by atoms with Crippen molar-refractivity contribution in [3.8, 4) is 0 Å². The number of carboxylic acids is 1. The normalized spacial score (nSPS) is 35.4. The first-order valence-corrected chi connectivity index (χ1v) is 7.69. The maximum absolute atomic E-state index is 12.7. The minimum absolute atomic E-state index is 0.213. The number of carboxylic acid groups (broad SMARTS) is 1. The molecule has 4 nitrogen and oxygen atoms in total. The van der Waals surface area contributed by atoms with Crippen molar-refractivity contribution in [3.63, 3.8) is 0 Å². The maximum Gasteiger partial charge on any atom is 0.335 e. The molecular formula is C17H19NO3. The summed E-state index contributed by atoms with van der Waals surface area (Å²) in [4.78, 5) is 25.2. The molecular weight excluding hydrogens is 266 g/mol. The lowest BCUT2D eigenvalue weighted by molar-refractivity contribution is -0.120. The Hall–Kier alpha value is -1.84. The molecule has 1 aromatic rings. The third-order valence-corrected chi connectivity index (χ3v) is 5.85. The van der Waals surface area contributed by atoms with E-state index in [1.807, 2.05) is 0 Å². The molecule has 0 saturated heterocycles. The summed E-state index contributed by atoms with van der Waals surface area (Å²) >= 11 is 0. The van der Waals surface area contributed by atoms with E-state index >= 15 is 0 Å². The van der Waals surface area contributed by atoms with E-state index in [-0.39, 0.29) is 17.4 Å². The number of aromatic carboxylic acids is 1. The zero-order chi connectivity index (χ0) is 14.7. The molecule has 3 aliphatic rings. The Bertz CT molecular complexity index is 593. The predicted molar refractivity (Wildman–Crippen MR) is 78.1 cm³/mol. The van der Waals surface area contributed by atoms with E-state index in [0.717, 1.165) is 17.5 Å². The van der Waals surface area contributed by atoms with E-state index < -0.39 is 5.97 Å². The van der Waals surface area contributed by atoms with Gasteiger partial charge in [0.05, 0.1) is 5.56 Å². The van der Waals surface area contributed by atoms with Crippen molar-refractivity contribution in [3.05, 3.63) is 29.8 Å². The maximum atomic E-state index is 12.7. The third kappa shape index (κ3) is 1.81. The fourth-order valence-electron chi connectivity index (χ4n) is 4.83. The van der Waals surface area contributed by atoms with Crippen LogP contribution < -0.4 is 4.90 Å². The van der Waals surface area contributed by atoms with Gasteiger partial charge < -0.3 is 10.0 Å². The SMILES string of the molecule is CN(C(=O)C1C2C3CCC(C3)C12)c1ccc(C(=O)O)cc1. The largest absolute Gasteiger partial charge is 0.478 e. The molecule has 110 valence electrons. The number of amides is 1. The molecule has 21 heavy (non-hydrogen) atoms. The van der Waals surface area contributed by atoms with Crippen molar-refractivity contribution >= 4 is 17.6 Å². The Kier molecular flexibility index (Phi) is 2.65. The van der Waals surface area contributed by atoms with Crippen LogP contribution in [0, 0.1) is 29.6 Å². The number of fused-ring (bicyclic) bond motifs is 5. The zero-order valence-electron chi connectivity index (χ0n) is 12.0. The van der Waals surface area contributed by atoms with Crippen LogP contribution in [0.4, 0.5) is 5.69 Å². The van der Waals surface area contributed by atoms with Crippen LogP contribution in [0.1, 0.15) is 29.6 Å². The topological polar surface area (TPSA) is 57.6 Å². The van der Waals surface area contributed by atoms with E-state index in [9.17, 15) is 9.59 Å². The van der Waals surface area contributed by atoms with Crippen molar-refractivity contribution in [1.29, 1.82) is 0 Å². The first-order valence-electron chi connectivity index (χ1n) is 7.69. The molecule has 1 N–H and O–H groups in total.